The number of carbonyl (C=O) groups excluding carboxylic acids is 1. The van der Waals surface area contributed by atoms with Crippen molar-refractivity contribution in [1.29, 1.82) is 0 Å². The quantitative estimate of drug-likeness (QED) is 0.618. The average Bonchev–Trinajstić information content (AvgIpc) is 2.61. The summed E-state index contributed by atoms with van der Waals surface area (Å²) in [4.78, 5) is 23.4. The molecule has 0 heterocycles. The van der Waals surface area contributed by atoms with E-state index in [2.05, 4.69) is 10.5 Å². The Hall–Kier alpha value is -3.42. The molecule has 0 saturated heterocycles. The van der Waals surface area contributed by atoms with Gasteiger partial charge in [-0.1, -0.05) is 0 Å². The Labute approximate surface area is 142 Å². The molecule has 0 aromatic heterocycles. The highest BCUT2D eigenvalue weighted by Gasteiger charge is 2.20. The molecule has 0 spiro atoms. The third-order valence-corrected chi connectivity index (χ3v) is 3.27. The van der Waals surface area contributed by atoms with Gasteiger partial charge in [0.05, 0.1) is 20.4 Å². The number of ether oxygens (including phenoxy) is 2. The van der Waals surface area contributed by atoms with E-state index in [1.165, 1.54) is 44.7 Å². The number of carboxylic acids is 1. The zero-order chi connectivity index (χ0) is 18.4. The SMILES string of the molecule is COc1ccc(/C=N\NC(=O)c2ccc(F)cc2)c(C(=O)O)c1OC. The van der Waals surface area contributed by atoms with Crippen LogP contribution in [0.1, 0.15) is 26.3 Å². The molecular weight excluding hydrogens is 331 g/mol. The maximum atomic E-state index is 12.8. The van der Waals surface area contributed by atoms with Crippen LogP contribution in [0.3, 0.4) is 0 Å². The molecule has 2 rings (SSSR count). The number of carboxylic acid groups (broad SMARTS) is 1. The number of nitrogens with zero attached hydrogens (tertiary/aromatic N) is 1. The fourth-order valence-electron chi connectivity index (χ4n) is 2.10. The molecule has 0 fully saturated rings. The first-order chi connectivity index (χ1) is 12.0. The Morgan fingerprint density at radius 3 is 2.36 bits per heavy atom. The summed E-state index contributed by atoms with van der Waals surface area (Å²) in [6.07, 6.45) is 1.17. The van der Waals surface area contributed by atoms with Gasteiger partial charge in [-0.15, -0.1) is 0 Å². The van der Waals surface area contributed by atoms with Gasteiger partial charge in [0.25, 0.3) is 5.91 Å². The molecule has 8 heteroatoms. The van der Waals surface area contributed by atoms with Crippen molar-refractivity contribution in [2.75, 3.05) is 14.2 Å². The fraction of sp³-hybridized carbons (Fsp3) is 0.118. The van der Waals surface area contributed by atoms with Crippen LogP contribution in [0.25, 0.3) is 0 Å². The molecule has 0 aliphatic heterocycles. The van der Waals surface area contributed by atoms with Crippen molar-refractivity contribution in [2.45, 2.75) is 0 Å². The van der Waals surface area contributed by atoms with E-state index >= 15 is 0 Å². The number of amides is 1. The molecule has 0 aliphatic carbocycles. The number of methoxy groups -OCH3 is 2. The Morgan fingerprint density at radius 1 is 1.12 bits per heavy atom. The minimum atomic E-state index is -1.23. The average molecular weight is 346 g/mol. The second kappa shape index (κ2) is 7.91. The standard InChI is InChI=1S/C17H15FN2O5/c1-24-13-8-5-11(14(17(22)23)15(13)25-2)9-19-20-16(21)10-3-6-12(18)7-4-10/h3-9H,1-2H3,(H,20,21)(H,22,23)/b19-9-. The number of hydrazone groups is 1. The summed E-state index contributed by atoms with van der Waals surface area (Å²) in [5, 5.41) is 13.1. The monoisotopic (exact) mass is 346 g/mol. The summed E-state index contributed by atoms with van der Waals surface area (Å²) in [5.74, 6) is -1.96. The zero-order valence-electron chi connectivity index (χ0n) is 13.4. The van der Waals surface area contributed by atoms with Gasteiger partial charge in [-0.3, -0.25) is 4.79 Å². The predicted octanol–water partition coefficient (Wildman–Crippen LogP) is 2.31. The molecule has 0 unspecified atom stereocenters. The van der Waals surface area contributed by atoms with Crippen LogP contribution < -0.4 is 14.9 Å². The Morgan fingerprint density at radius 2 is 1.80 bits per heavy atom. The minimum Gasteiger partial charge on any atom is -0.493 e. The van der Waals surface area contributed by atoms with Gasteiger partial charge in [0.15, 0.2) is 11.5 Å². The summed E-state index contributed by atoms with van der Waals surface area (Å²) in [5.41, 5.74) is 2.52. The second-order valence-corrected chi connectivity index (χ2v) is 4.78. The summed E-state index contributed by atoms with van der Waals surface area (Å²) in [7, 11) is 2.71. The number of halogens is 1. The molecule has 25 heavy (non-hydrogen) atoms. The van der Waals surface area contributed by atoms with Crippen molar-refractivity contribution in [3.05, 3.63) is 58.9 Å². The van der Waals surface area contributed by atoms with E-state index in [9.17, 15) is 19.1 Å². The van der Waals surface area contributed by atoms with E-state index in [1.807, 2.05) is 0 Å². The molecule has 1 amide bonds. The van der Waals surface area contributed by atoms with Gasteiger partial charge >= 0.3 is 5.97 Å². The third kappa shape index (κ3) is 4.11. The first-order valence-corrected chi connectivity index (χ1v) is 7.05. The van der Waals surface area contributed by atoms with Crippen molar-refractivity contribution in [3.63, 3.8) is 0 Å². The van der Waals surface area contributed by atoms with E-state index in [0.717, 1.165) is 12.1 Å². The molecule has 7 nitrogen and oxygen atoms in total. The molecule has 0 bridgehead atoms. The number of benzene rings is 2. The number of rotatable bonds is 6. The maximum absolute atomic E-state index is 12.8. The molecule has 2 aromatic carbocycles. The first kappa shape index (κ1) is 17.9. The summed E-state index contributed by atoms with van der Waals surface area (Å²) >= 11 is 0. The van der Waals surface area contributed by atoms with Crippen molar-refractivity contribution >= 4 is 18.1 Å². The van der Waals surface area contributed by atoms with E-state index in [4.69, 9.17) is 9.47 Å². The molecule has 0 radical (unpaired) electrons. The molecular formula is C17H15FN2O5. The number of carbonyl (C=O) groups is 2. The Bertz CT molecular complexity index is 819. The van der Waals surface area contributed by atoms with Gasteiger partial charge in [0, 0.05) is 11.1 Å². The van der Waals surface area contributed by atoms with Crippen molar-refractivity contribution < 1.29 is 28.6 Å². The zero-order valence-corrected chi connectivity index (χ0v) is 13.4. The number of hydrogen-bond donors (Lipinski definition) is 2. The normalized spacial score (nSPS) is 10.5. The first-order valence-electron chi connectivity index (χ1n) is 7.05. The van der Waals surface area contributed by atoms with Crippen molar-refractivity contribution in [2.24, 2.45) is 5.10 Å². The highest BCUT2D eigenvalue weighted by molar-refractivity contribution is 6.02. The van der Waals surface area contributed by atoms with E-state index in [1.54, 1.807) is 0 Å². The van der Waals surface area contributed by atoms with Crippen LogP contribution in [0.2, 0.25) is 0 Å². The Balaban J connectivity index is 2.24. The smallest absolute Gasteiger partial charge is 0.340 e. The molecule has 130 valence electrons. The number of hydrogen-bond acceptors (Lipinski definition) is 5. The van der Waals surface area contributed by atoms with Gasteiger partial charge in [0.2, 0.25) is 0 Å². The van der Waals surface area contributed by atoms with Gasteiger partial charge in [-0.2, -0.15) is 5.10 Å². The molecule has 2 N–H and O–H groups in total. The largest absolute Gasteiger partial charge is 0.493 e. The second-order valence-electron chi connectivity index (χ2n) is 4.78. The summed E-state index contributed by atoms with van der Waals surface area (Å²) in [6, 6.07) is 7.90. The topological polar surface area (TPSA) is 97.2 Å². The van der Waals surface area contributed by atoms with E-state index in [0.29, 0.717) is 0 Å². The third-order valence-electron chi connectivity index (χ3n) is 3.27. The highest BCUT2D eigenvalue weighted by Crippen LogP contribution is 2.32. The van der Waals surface area contributed by atoms with Gasteiger partial charge in [-0.25, -0.2) is 14.6 Å². The molecule has 0 saturated carbocycles. The highest BCUT2D eigenvalue weighted by atomic mass is 19.1. The maximum Gasteiger partial charge on any atom is 0.340 e. The number of aromatic carboxylic acids is 1. The Kier molecular flexibility index (Phi) is 5.67. The minimum absolute atomic E-state index is 0.0452. The lowest BCUT2D eigenvalue weighted by Crippen LogP contribution is -2.18. The summed E-state index contributed by atoms with van der Waals surface area (Å²) in [6.45, 7) is 0. The fourth-order valence-corrected chi connectivity index (χ4v) is 2.10. The van der Waals surface area contributed by atoms with Crippen molar-refractivity contribution in [1.82, 2.24) is 5.43 Å². The van der Waals surface area contributed by atoms with Crippen LogP contribution in [-0.4, -0.2) is 37.4 Å². The van der Waals surface area contributed by atoms with Crippen LogP contribution in [0.4, 0.5) is 4.39 Å². The van der Waals surface area contributed by atoms with Crippen molar-refractivity contribution in [3.8, 4) is 11.5 Å². The molecule has 0 atom stereocenters. The lowest BCUT2D eigenvalue weighted by Gasteiger charge is -2.12. The lowest BCUT2D eigenvalue weighted by atomic mass is 10.1. The molecule has 2 aromatic rings. The van der Waals surface area contributed by atoms with E-state index < -0.39 is 17.7 Å². The van der Waals surface area contributed by atoms with Crippen LogP contribution >= 0.6 is 0 Å². The molecule has 0 aliphatic rings. The van der Waals surface area contributed by atoms with Crippen LogP contribution in [-0.2, 0) is 0 Å². The van der Waals surface area contributed by atoms with Gasteiger partial charge < -0.3 is 14.6 Å². The lowest BCUT2D eigenvalue weighted by molar-refractivity contribution is 0.0692. The van der Waals surface area contributed by atoms with Gasteiger partial charge in [-0.05, 0) is 36.4 Å². The van der Waals surface area contributed by atoms with E-state index in [-0.39, 0.29) is 28.2 Å². The van der Waals surface area contributed by atoms with Gasteiger partial charge in [0.1, 0.15) is 11.4 Å². The van der Waals surface area contributed by atoms with Crippen LogP contribution in [0.5, 0.6) is 11.5 Å². The van der Waals surface area contributed by atoms with Crippen LogP contribution in [0, 0.1) is 5.82 Å². The predicted molar refractivity (Wildman–Crippen MR) is 88.0 cm³/mol. The van der Waals surface area contributed by atoms with Crippen LogP contribution in [0.15, 0.2) is 41.5 Å². The summed E-state index contributed by atoms with van der Waals surface area (Å²) < 4.78 is 23.0. The number of nitrogens with one attached hydrogen (secondary N) is 1.